The van der Waals surface area contributed by atoms with Crippen molar-refractivity contribution in [3.8, 4) is 0 Å². The highest BCUT2D eigenvalue weighted by Crippen LogP contribution is 1.94. The fourth-order valence-corrected chi connectivity index (χ4v) is 2.37. The largest absolute Gasteiger partial charge is 0.339 e. The highest BCUT2D eigenvalue weighted by atomic mass is 16.1. The van der Waals surface area contributed by atoms with E-state index in [-0.39, 0.29) is 27.8 Å². The van der Waals surface area contributed by atoms with Crippen molar-refractivity contribution < 1.29 is 0 Å². The van der Waals surface area contributed by atoms with Crippen molar-refractivity contribution in [3.05, 3.63) is 114 Å². The molecule has 0 unspecified atom stereocenters. The molecule has 0 atom stereocenters. The zero-order valence-electron chi connectivity index (χ0n) is 19.1. The van der Waals surface area contributed by atoms with Gasteiger partial charge in [-0.15, -0.1) is 0 Å². The molecule has 0 aromatic carbocycles. The van der Waals surface area contributed by atoms with Gasteiger partial charge < -0.3 is 35.2 Å². The number of imidazole rings is 2. The summed E-state index contributed by atoms with van der Waals surface area (Å²) in [5.41, 5.74) is 1.09. The van der Waals surface area contributed by atoms with E-state index >= 15 is 0 Å². The number of nitrogens with zero attached hydrogens (tertiary/aromatic N) is 4. The molecule has 19 heteroatoms. The van der Waals surface area contributed by atoms with Crippen LogP contribution in [0, 0.1) is 0 Å². The van der Waals surface area contributed by atoms with Gasteiger partial charge >= 0.3 is 0 Å². The maximum Gasteiger partial charge on any atom is 0.276 e. The second-order valence-electron chi connectivity index (χ2n) is 6.57. The SMILES string of the molecule is O=c1[nH]cnc2nc[nH]c12.O=c1[nH]cnc2nc[nH]c12.O=c1cc[nH][nH]1.O=c1cc[nH][nH]1.O=c1cc[nH][nH]1. The fourth-order valence-electron chi connectivity index (χ4n) is 2.37. The number of fused-ring (bicyclic) bond motifs is 2. The topological polar surface area (TPSA) is 295 Å². The van der Waals surface area contributed by atoms with Crippen molar-refractivity contribution in [1.82, 2.24) is 70.5 Å². The van der Waals surface area contributed by atoms with E-state index in [1.165, 1.54) is 43.5 Å². The molecular weight excluding hydrogens is 504 g/mol. The molecular formula is C19H20N14O5. The molecule has 0 spiro atoms. The minimum atomic E-state index is -0.192. The van der Waals surface area contributed by atoms with Crippen molar-refractivity contribution in [2.45, 2.75) is 0 Å². The lowest BCUT2D eigenvalue weighted by atomic mass is 10.6. The third-order valence-corrected chi connectivity index (χ3v) is 4.00. The molecule has 0 saturated carbocycles. The molecule has 38 heavy (non-hydrogen) atoms. The molecule has 0 amide bonds. The molecule has 0 fully saturated rings. The van der Waals surface area contributed by atoms with Crippen LogP contribution in [-0.4, -0.2) is 70.5 Å². The van der Waals surface area contributed by atoms with Crippen LogP contribution in [0.4, 0.5) is 0 Å². The third-order valence-electron chi connectivity index (χ3n) is 4.00. The molecule has 0 aliphatic carbocycles. The van der Waals surface area contributed by atoms with Gasteiger partial charge in [-0.3, -0.25) is 39.3 Å². The van der Waals surface area contributed by atoms with Gasteiger partial charge in [0.1, 0.15) is 0 Å². The number of aromatic amines is 10. The van der Waals surface area contributed by atoms with E-state index in [0.29, 0.717) is 22.3 Å². The molecule has 0 saturated heterocycles. The number of hydrogen-bond acceptors (Lipinski definition) is 9. The molecule has 10 N–H and O–H groups in total. The Bertz CT molecular complexity index is 1690. The first-order valence-electron chi connectivity index (χ1n) is 10.3. The van der Waals surface area contributed by atoms with Crippen LogP contribution in [0.15, 0.2) is 86.1 Å². The van der Waals surface area contributed by atoms with Crippen LogP contribution >= 0.6 is 0 Å². The van der Waals surface area contributed by atoms with Crippen LogP contribution in [0.3, 0.4) is 0 Å². The lowest BCUT2D eigenvalue weighted by Gasteiger charge is -1.81. The van der Waals surface area contributed by atoms with E-state index in [9.17, 15) is 24.0 Å². The molecule has 0 radical (unpaired) electrons. The van der Waals surface area contributed by atoms with E-state index in [0.717, 1.165) is 0 Å². The van der Waals surface area contributed by atoms with Gasteiger partial charge in [0.15, 0.2) is 22.3 Å². The molecule has 7 heterocycles. The lowest BCUT2D eigenvalue weighted by molar-refractivity contribution is 1.06. The van der Waals surface area contributed by atoms with Crippen LogP contribution < -0.4 is 27.8 Å². The standard InChI is InChI=1S/2C5H4N4O.3C3H4N2O/c2*10-5-3-4(7-1-6-3)8-2-9-5;3*6-3-1-2-4-5-3/h2*1-2H,(H2,6,7,8,9,10);3*1-2H,(H2,4,5,6). The Morgan fingerprint density at radius 1 is 0.447 bits per heavy atom. The predicted octanol–water partition coefficient (Wildman–Crippen LogP) is -1.60. The van der Waals surface area contributed by atoms with Gasteiger partial charge in [0.2, 0.25) is 0 Å². The van der Waals surface area contributed by atoms with Crippen molar-refractivity contribution in [3.63, 3.8) is 0 Å². The minimum Gasteiger partial charge on any atom is -0.339 e. The lowest BCUT2D eigenvalue weighted by Crippen LogP contribution is -2.05. The van der Waals surface area contributed by atoms with Gasteiger partial charge in [0.05, 0.1) is 25.3 Å². The second kappa shape index (κ2) is 13.6. The smallest absolute Gasteiger partial charge is 0.276 e. The van der Waals surface area contributed by atoms with E-state index in [1.54, 1.807) is 18.6 Å². The Labute approximate surface area is 207 Å². The first kappa shape index (κ1) is 26.3. The molecule has 7 aromatic rings. The highest BCUT2D eigenvalue weighted by Gasteiger charge is 1.98. The average molecular weight is 524 g/mol. The molecule has 7 aromatic heterocycles. The van der Waals surface area contributed by atoms with Crippen LogP contribution in [0.2, 0.25) is 0 Å². The van der Waals surface area contributed by atoms with E-state index < -0.39 is 0 Å². The maximum absolute atomic E-state index is 10.9. The predicted molar refractivity (Wildman–Crippen MR) is 133 cm³/mol. The Morgan fingerprint density at radius 2 is 0.763 bits per heavy atom. The molecule has 19 nitrogen and oxygen atoms in total. The van der Waals surface area contributed by atoms with Crippen LogP contribution in [0.5, 0.6) is 0 Å². The van der Waals surface area contributed by atoms with Crippen LogP contribution in [0.1, 0.15) is 0 Å². The minimum absolute atomic E-state index is 0.0880. The first-order chi connectivity index (χ1) is 18.4. The van der Waals surface area contributed by atoms with Crippen LogP contribution in [-0.2, 0) is 0 Å². The molecule has 0 aliphatic rings. The van der Waals surface area contributed by atoms with Gasteiger partial charge in [-0.2, -0.15) is 0 Å². The number of aromatic nitrogens is 14. The summed E-state index contributed by atoms with van der Waals surface area (Å²) in [4.78, 5) is 77.1. The number of hydrogen-bond donors (Lipinski definition) is 10. The van der Waals surface area contributed by atoms with Crippen molar-refractivity contribution >= 4 is 22.3 Å². The number of H-pyrrole nitrogens is 10. The van der Waals surface area contributed by atoms with Gasteiger partial charge in [0, 0.05) is 36.8 Å². The summed E-state index contributed by atoms with van der Waals surface area (Å²) in [6.45, 7) is 0. The zero-order chi connectivity index (χ0) is 27.2. The van der Waals surface area contributed by atoms with Gasteiger partial charge in [-0.25, -0.2) is 19.9 Å². The Balaban J connectivity index is 0.000000135. The summed E-state index contributed by atoms with van der Waals surface area (Å²) in [5.74, 6) is 0. The first-order valence-corrected chi connectivity index (χ1v) is 10.3. The maximum atomic E-state index is 10.9. The molecule has 7 rings (SSSR count). The monoisotopic (exact) mass is 524 g/mol. The van der Waals surface area contributed by atoms with Gasteiger partial charge in [-0.05, 0) is 0 Å². The Kier molecular flexibility index (Phi) is 9.41. The molecule has 0 bridgehead atoms. The quantitative estimate of drug-likeness (QED) is 0.109. The summed E-state index contributed by atoms with van der Waals surface area (Å²) in [6.07, 6.45) is 10.2. The fraction of sp³-hybridized carbons (Fsp3) is 0. The summed E-state index contributed by atoms with van der Waals surface area (Å²) in [6, 6.07) is 4.25. The normalized spacial score (nSPS) is 9.58. The molecule has 196 valence electrons. The third kappa shape index (κ3) is 8.19. The number of rotatable bonds is 0. The summed E-state index contributed by atoms with van der Waals surface area (Å²) in [5, 5.41) is 14.4. The number of nitrogens with one attached hydrogen (secondary N) is 10. The summed E-state index contributed by atoms with van der Waals surface area (Å²) in [7, 11) is 0. The highest BCUT2D eigenvalue weighted by molar-refractivity contribution is 5.67. The molecule has 0 aliphatic heterocycles. The van der Waals surface area contributed by atoms with E-state index in [2.05, 4.69) is 70.5 Å². The van der Waals surface area contributed by atoms with Gasteiger partial charge in [-0.1, -0.05) is 0 Å². The second-order valence-corrected chi connectivity index (χ2v) is 6.57. The summed E-state index contributed by atoms with van der Waals surface area (Å²) < 4.78 is 0. The Morgan fingerprint density at radius 3 is 0.974 bits per heavy atom. The average Bonchev–Trinajstić information content (AvgIpc) is 3.72. The van der Waals surface area contributed by atoms with E-state index in [1.807, 2.05) is 0 Å². The van der Waals surface area contributed by atoms with Crippen molar-refractivity contribution in [2.24, 2.45) is 0 Å². The van der Waals surface area contributed by atoms with Gasteiger partial charge in [0.25, 0.3) is 27.8 Å². The van der Waals surface area contributed by atoms with Crippen molar-refractivity contribution in [1.29, 1.82) is 0 Å². The zero-order valence-corrected chi connectivity index (χ0v) is 19.1. The van der Waals surface area contributed by atoms with Crippen LogP contribution in [0.25, 0.3) is 22.3 Å². The van der Waals surface area contributed by atoms with E-state index in [4.69, 9.17) is 0 Å². The summed E-state index contributed by atoms with van der Waals surface area (Å²) >= 11 is 0. The Hall–Kier alpha value is -6.27. The van der Waals surface area contributed by atoms with Crippen molar-refractivity contribution in [2.75, 3.05) is 0 Å².